The normalized spacial score (nSPS) is 10.7. The number of rotatable bonds is 4. The zero-order chi connectivity index (χ0) is 12.4. The van der Waals surface area contributed by atoms with Crippen molar-refractivity contribution in [3.05, 3.63) is 35.4 Å². The smallest absolute Gasteiger partial charge is 0.339 e. The van der Waals surface area contributed by atoms with E-state index < -0.39 is 5.97 Å². The molecule has 0 unspecified atom stereocenters. The first kappa shape index (κ1) is 11.4. The summed E-state index contributed by atoms with van der Waals surface area (Å²) >= 11 is 0. The maximum absolute atomic E-state index is 10.9. The number of aryl methyl sites for hydroxylation is 1. The Labute approximate surface area is 98.5 Å². The van der Waals surface area contributed by atoms with Crippen molar-refractivity contribution in [1.29, 1.82) is 0 Å². The van der Waals surface area contributed by atoms with Crippen LogP contribution in [0.2, 0.25) is 0 Å². The Morgan fingerprint density at radius 1 is 1.41 bits per heavy atom. The minimum absolute atomic E-state index is 0.243. The molecule has 0 aliphatic rings. The summed E-state index contributed by atoms with van der Waals surface area (Å²) in [5, 5.41) is 17.1. The third kappa shape index (κ3) is 2.20. The molecular weight excluding hydrogens is 220 g/mol. The minimum Gasteiger partial charge on any atom is -0.478 e. The predicted octanol–water partition coefficient (Wildman–Crippen LogP) is 1.15. The number of nitrogens with zero attached hydrogens (tertiary/aromatic N) is 4. The maximum Gasteiger partial charge on any atom is 0.339 e. The molecule has 0 aliphatic heterocycles. The molecule has 2 aromatic rings. The van der Waals surface area contributed by atoms with E-state index in [0.717, 1.165) is 12.1 Å². The lowest BCUT2D eigenvalue weighted by Crippen LogP contribution is -2.05. The molecule has 2 heterocycles. The first-order valence-corrected chi connectivity index (χ1v) is 5.39. The zero-order valence-electron chi connectivity index (χ0n) is 9.79. The number of carboxylic acid groups (broad SMARTS) is 1. The van der Waals surface area contributed by atoms with Crippen molar-refractivity contribution in [2.45, 2.75) is 26.9 Å². The van der Waals surface area contributed by atoms with E-state index in [1.807, 2.05) is 17.8 Å². The molecule has 6 heteroatoms. The molecule has 0 fully saturated rings. The molecule has 1 N–H and O–H groups in total. The molecule has 90 valence electrons. The van der Waals surface area contributed by atoms with Gasteiger partial charge < -0.3 is 5.11 Å². The van der Waals surface area contributed by atoms with Gasteiger partial charge in [-0.3, -0.25) is 9.36 Å². The lowest BCUT2D eigenvalue weighted by molar-refractivity contribution is 0.0696. The van der Waals surface area contributed by atoms with E-state index >= 15 is 0 Å². The monoisotopic (exact) mass is 234 g/mol. The van der Waals surface area contributed by atoms with Crippen LogP contribution < -0.4 is 0 Å². The molecule has 0 atom stereocenters. The van der Waals surface area contributed by atoms with Crippen LogP contribution in [0.1, 0.15) is 28.5 Å². The third-order valence-electron chi connectivity index (χ3n) is 2.68. The van der Waals surface area contributed by atoms with Crippen LogP contribution in [0.4, 0.5) is 0 Å². The van der Waals surface area contributed by atoms with E-state index in [1.54, 1.807) is 17.8 Å². The van der Waals surface area contributed by atoms with Gasteiger partial charge in [0.25, 0.3) is 0 Å². The Morgan fingerprint density at radius 3 is 2.71 bits per heavy atom. The Bertz CT molecular complexity index is 541. The topological polar surface area (TPSA) is 72.9 Å². The van der Waals surface area contributed by atoms with Gasteiger partial charge in [-0.2, -0.15) is 10.2 Å². The molecule has 6 nitrogen and oxygen atoms in total. The minimum atomic E-state index is -0.946. The van der Waals surface area contributed by atoms with Gasteiger partial charge >= 0.3 is 5.97 Å². The maximum atomic E-state index is 10.9. The van der Waals surface area contributed by atoms with Crippen LogP contribution in [0.15, 0.2) is 18.6 Å². The van der Waals surface area contributed by atoms with E-state index in [2.05, 4.69) is 10.2 Å². The second-order valence-corrected chi connectivity index (χ2v) is 3.81. The summed E-state index contributed by atoms with van der Waals surface area (Å²) < 4.78 is 3.49. The molecule has 0 radical (unpaired) electrons. The van der Waals surface area contributed by atoms with Crippen molar-refractivity contribution >= 4 is 5.97 Å². The summed E-state index contributed by atoms with van der Waals surface area (Å²) in [6.07, 6.45) is 5.08. The summed E-state index contributed by atoms with van der Waals surface area (Å²) in [4.78, 5) is 10.9. The van der Waals surface area contributed by atoms with E-state index in [4.69, 9.17) is 5.11 Å². The fourth-order valence-corrected chi connectivity index (χ4v) is 1.65. The quantitative estimate of drug-likeness (QED) is 0.861. The van der Waals surface area contributed by atoms with Crippen molar-refractivity contribution < 1.29 is 9.90 Å². The second-order valence-electron chi connectivity index (χ2n) is 3.81. The average molecular weight is 234 g/mol. The number of carbonyl (C=O) groups is 1. The van der Waals surface area contributed by atoms with Gasteiger partial charge in [0.05, 0.1) is 24.6 Å². The van der Waals surface area contributed by atoms with Crippen LogP contribution in [0.5, 0.6) is 0 Å². The molecule has 0 aliphatic carbocycles. The van der Waals surface area contributed by atoms with Gasteiger partial charge in [-0.15, -0.1) is 0 Å². The van der Waals surface area contributed by atoms with Crippen LogP contribution >= 0.6 is 0 Å². The molecule has 0 spiro atoms. The van der Waals surface area contributed by atoms with Crippen molar-refractivity contribution in [2.24, 2.45) is 0 Å². The van der Waals surface area contributed by atoms with Gasteiger partial charge in [-0.05, 0) is 13.8 Å². The summed E-state index contributed by atoms with van der Waals surface area (Å²) in [5.41, 5.74) is 1.91. The second kappa shape index (κ2) is 4.40. The van der Waals surface area contributed by atoms with Crippen molar-refractivity contribution in [1.82, 2.24) is 19.6 Å². The SMILES string of the molecule is CCn1cc(Cn2ncc(C(=O)O)c2C)cn1. The molecule has 2 aromatic heterocycles. The van der Waals surface area contributed by atoms with E-state index in [0.29, 0.717) is 12.2 Å². The van der Waals surface area contributed by atoms with E-state index in [9.17, 15) is 4.79 Å². The Morgan fingerprint density at radius 2 is 2.18 bits per heavy atom. The fraction of sp³-hybridized carbons (Fsp3) is 0.364. The largest absolute Gasteiger partial charge is 0.478 e. The molecule has 2 rings (SSSR count). The lowest BCUT2D eigenvalue weighted by Gasteiger charge is -2.02. The van der Waals surface area contributed by atoms with Crippen LogP contribution in [0, 0.1) is 6.92 Å². The molecule has 0 amide bonds. The highest BCUT2D eigenvalue weighted by Gasteiger charge is 2.13. The van der Waals surface area contributed by atoms with Gasteiger partial charge in [-0.1, -0.05) is 0 Å². The van der Waals surface area contributed by atoms with Crippen molar-refractivity contribution in [3.8, 4) is 0 Å². The van der Waals surface area contributed by atoms with E-state index in [-0.39, 0.29) is 5.56 Å². The Hall–Kier alpha value is -2.11. The number of aromatic nitrogens is 4. The Kier molecular flexibility index (Phi) is 2.95. The van der Waals surface area contributed by atoms with Crippen LogP contribution in [-0.2, 0) is 13.1 Å². The zero-order valence-corrected chi connectivity index (χ0v) is 9.79. The van der Waals surface area contributed by atoms with Gasteiger partial charge in [0, 0.05) is 18.3 Å². The summed E-state index contributed by atoms with van der Waals surface area (Å²) in [6, 6.07) is 0. The van der Waals surface area contributed by atoms with Gasteiger partial charge in [0.1, 0.15) is 5.56 Å². The van der Waals surface area contributed by atoms with Gasteiger partial charge in [0.15, 0.2) is 0 Å². The highest BCUT2D eigenvalue weighted by atomic mass is 16.4. The van der Waals surface area contributed by atoms with Crippen molar-refractivity contribution in [3.63, 3.8) is 0 Å². The standard InChI is InChI=1S/C11H14N4O2/c1-3-14-6-9(4-12-14)7-15-8(2)10(5-13-15)11(16)17/h4-6H,3,7H2,1-2H3,(H,16,17). The summed E-state index contributed by atoms with van der Waals surface area (Å²) in [6.45, 7) is 5.12. The molecule has 17 heavy (non-hydrogen) atoms. The molecule has 0 saturated carbocycles. The predicted molar refractivity (Wildman–Crippen MR) is 60.9 cm³/mol. The summed E-state index contributed by atoms with van der Waals surface area (Å²) in [5.74, 6) is -0.946. The third-order valence-corrected chi connectivity index (χ3v) is 2.68. The van der Waals surface area contributed by atoms with Crippen LogP contribution in [0.3, 0.4) is 0 Å². The molecule has 0 bridgehead atoms. The number of aromatic carboxylic acids is 1. The highest BCUT2D eigenvalue weighted by Crippen LogP contribution is 2.09. The summed E-state index contributed by atoms with van der Waals surface area (Å²) in [7, 11) is 0. The molecule has 0 aromatic carbocycles. The molecule has 0 saturated heterocycles. The van der Waals surface area contributed by atoms with Crippen molar-refractivity contribution in [2.75, 3.05) is 0 Å². The Balaban J connectivity index is 2.21. The molecular formula is C11H14N4O2. The van der Waals surface area contributed by atoms with Gasteiger partial charge in [0.2, 0.25) is 0 Å². The highest BCUT2D eigenvalue weighted by molar-refractivity contribution is 5.88. The number of carboxylic acids is 1. The first-order chi connectivity index (χ1) is 8.11. The van der Waals surface area contributed by atoms with Crippen LogP contribution in [-0.4, -0.2) is 30.6 Å². The average Bonchev–Trinajstić information content (AvgIpc) is 2.87. The lowest BCUT2D eigenvalue weighted by atomic mass is 10.2. The van der Waals surface area contributed by atoms with E-state index in [1.165, 1.54) is 6.20 Å². The van der Waals surface area contributed by atoms with Crippen LogP contribution in [0.25, 0.3) is 0 Å². The van der Waals surface area contributed by atoms with Gasteiger partial charge in [-0.25, -0.2) is 4.79 Å². The fourth-order valence-electron chi connectivity index (χ4n) is 1.65. The number of hydrogen-bond donors (Lipinski definition) is 1. The number of hydrogen-bond acceptors (Lipinski definition) is 3. The first-order valence-electron chi connectivity index (χ1n) is 5.39.